The Morgan fingerprint density at radius 3 is 2.53 bits per heavy atom. The van der Waals surface area contributed by atoms with Crippen LogP contribution in [0.15, 0.2) is 84.9 Å². The zero-order chi connectivity index (χ0) is 22.2. The van der Waals surface area contributed by atoms with Gasteiger partial charge in [-0.15, -0.1) is 6.42 Å². The van der Waals surface area contributed by atoms with Gasteiger partial charge in [0.1, 0.15) is 12.4 Å². The second-order valence-corrected chi connectivity index (χ2v) is 7.77. The van der Waals surface area contributed by atoms with Crippen LogP contribution in [-0.2, 0) is 6.61 Å². The molecule has 0 radical (unpaired) electrons. The van der Waals surface area contributed by atoms with Crippen LogP contribution in [0.3, 0.4) is 0 Å². The maximum Gasteiger partial charge on any atom is 0.130 e. The maximum atomic E-state index is 6.01. The van der Waals surface area contributed by atoms with Gasteiger partial charge in [0.05, 0.1) is 17.8 Å². The quantitative estimate of drug-likeness (QED) is 0.201. The van der Waals surface area contributed by atoms with E-state index in [-0.39, 0.29) is 0 Å². The number of rotatable bonds is 8. The minimum Gasteiger partial charge on any atom is -0.487 e. The molecule has 4 heteroatoms. The molecule has 0 aliphatic carbocycles. The van der Waals surface area contributed by atoms with E-state index in [4.69, 9.17) is 22.8 Å². The summed E-state index contributed by atoms with van der Waals surface area (Å²) in [5.74, 6) is 3.41. The van der Waals surface area contributed by atoms with Gasteiger partial charge >= 0.3 is 0 Å². The molecule has 0 fully saturated rings. The molecule has 0 bridgehead atoms. The second-order valence-electron chi connectivity index (χ2n) is 7.34. The average Bonchev–Trinajstić information content (AvgIpc) is 2.84. The lowest BCUT2D eigenvalue weighted by molar-refractivity contribution is 0.302. The van der Waals surface area contributed by atoms with Crippen molar-refractivity contribution in [1.82, 2.24) is 10.3 Å². The molecule has 0 unspecified atom stereocenters. The number of pyridine rings is 1. The molecule has 1 aromatic heterocycles. The molecule has 0 saturated carbocycles. The van der Waals surface area contributed by atoms with Gasteiger partial charge in [-0.05, 0) is 59.2 Å². The lowest BCUT2D eigenvalue weighted by atomic mass is 10.0. The minimum atomic E-state index is 0.418. The average molecular weight is 439 g/mol. The van der Waals surface area contributed by atoms with E-state index in [1.165, 1.54) is 0 Å². The van der Waals surface area contributed by atoms with E-state index in [0.717, 1.165) is 44.1 Å². The van der Waals surface area contributed by atoms with Crippen LogP contribution < -0.4 is 10.1 Å². The van der Waals surface area contributed by atoms with Crippen LogP contribution in [-0.4, -0.2) is 18.1 Å². The van der Waals surface area contributed by atoms with E-state index >= 15 is 0 Å². The summed E-state index contributed by atoms with van der Waals surface area (Å²) in [5.41, 5.74) is 5.18. The summed E-state index contributed by atoms with van der Waals surface area (Å²) in [7, 11) is 0. The Bertz CT molecular complexity index is 1260. The molecule has 0 aliphatic rings. The van der Waals surface area contributed by atoms with Crippen molar-refractivity contribution in [2.24, 2.45) is 0 Å². The van der Waals surface area contributed by atoms with Crippen LogP contribution >= 0.6 is 11.6 Å². The molecule has 4 aromatic rings. The predicted molar refractivity (Wildman–Crippen MR) is 134 cm³/mol. The smallest absolute Gasteiger partial charge is 0.130 e. The molecule has 1 N–H and O–H groups in total. The second kappa shape index (κ2) is 10.6. The number of hydrogen-bond donors (Lipinski definition) is 1. The molecule has 4 rings (SSSR count). The molecule has 0 amide bonds. The number of para-hydroxylation sites is 1. The van der Waals surface area contributed by atoms with E-state index in [0.29, 0.717) is 19.7 Å². The first-order valence-electron chi connectivity index (χ1n) is 10.4. The van der Waals surface area contributed by atoms with Crippen molar-refractivity contribution in [3.8, 4) is 18.1 Å². The zero-order valence-electron chi connectivity index (χ0n) is 17.6. The predicted octanol–water partition coefficient (Wildman–Crippen LogP) is 6.23. The van der Waals surface area contributed by atoms with E-state index < -0.39 is 0 Å². The zero-order valence-corrected chi connectivity index (χ0v) is 18.3. The van der Waals surface area contributed by atoms with Gasteiger partial charge in [0, 0.05) is 17.0 Å². The Balaban J connectivity index is 1.47. The van der Waals surface area contributed by atoms with E-state index in [2.05, 4.69) is 46.6 Å². The number of nitrogens with zero attached hydrogens (tertiary/aromatic N) is 1. The van der Waals surface area contributed by atoms with Crippen LogP contribution in [0.1, 0.15) is 16.8 Å². The number of fused-ring (bicyclic) bond motifs is 1. The van der Waals surface area contributed by atoms with Crippen molar-refractivity contribution in [1.29, 1.82) is 0 Å². The first-order chi connectivity index (χ1) is 15.7. The summed E-state index contributed by atoms with van der Waals surface area (Å²) in [4.78, 5) is 4.66. The van der Waals surface area contributed by atoms with Gasteiger partial charge in [-0.3, -0.25) is 0 Å². The van der Waals surface area contributed by atoms with Crippen LogP contribution in [0.5, 0.6) is 5.75 Å². The Morgan fingerprint density at radius 1 is 0.969 bits per heavy atom. The third kappa shape index (κ3) is 5.76. The Hall–Kier alpha value is -3.58. The number of aromatic nitrogens is 1. The molecular formula is C28H23ClN2O. The van der Waals surface area contributed by atoms with Gasteiger partial charge < -0.3 is 10.1 Å². The number of nitrogens with one attached hydrogen (secondary N) is 1. The number of hydrogen-bond acceptors (Lipinski definition) is 3. The largest absolute Gasteiger partial charge is 0.487 e. The van der Waals surface area contributed by atoms with Gasteiger partial charge in [0.2, 0.25) is 0 Å². The van der Waals surface area contributed by atoms with Crippen LogP contribution in [0.25, 0.3) is 22.6 Å². The lowest BCUT2D eigenvalue weighted by Crippen LogP contribution is -2.16. The normalized spacial score (nSPS) is 11.3. The summed E-state index contributed by atoms with van der Waals surface area (Å²) >= 11 is 6.01. The monoisotopic (exact) mass is 438 g/mol. The highest BCUT2D eigenvalue weighted by molar-refractivity contribution is 6.30. The van der Waals surface area contributed by atoms with Crippen molar-refractivity contribution in [3.05, 3.63) is 107 Å². The fourth-order valence-electron chi connectivity index (χ4n) is 3.38. The first-order valence-corrected chi connectivity index (χ1v) is 10.8. The molecule has 0 aliphatic heterocycles. The molecule has 1 heterocycles. The molecule has 32 heavy (non-hydrogen) atoms. The molecule has 3 aromatic carbocycles. The third-order valence-electron chi connectivity index (χ3n) is 5.02. The SMILES string of the molecule is C#CCNCC(=Cc1ccc(Cl)cc1)c1ccc(OCc2ccc3ccccc3n2)cc1. The highest BCUT2D eigenvalue weighted by Crippen LogP contribution is 2.23. The fraction of sp³-hybridized carbons (Fsp3) is 0.107. The Morgan fingerprint density at radius 2 is 1.75 bits per heavy atom. The highest BCUT2D eigenvalue weighted by atomic mass is 35.5. The summed E-state index contributed by atoms with van der Waals surface area (Å²) in [6.07, 6.45) is 7.52. The van der Waals surface area contributed by atoms with Crippen molar-refractivity contribution < 1.29 is 4.74 Å². The van der Waals surface area contributed by atoms with Crippen molar-refractivity contribution in [3.63, 3.8) is 0 Å². The van der Waals surface area contributed by atoms with E-state index in [1.807, 2.05) is 60.7 Å². The van der Waals surface area contributed by atoms with Crippen LogP contribution in [0, 0.1) is 12.3 Å². The van der Waals surface area contributed by atoms with Gasteiger partial charge in [-0.25, -0.2) is 4.98 Å². The summed E-state index contributed by atoms with van der Waals surface area (Å²) in [6, 6.07) is 28.0. The van der Waals surface area contributed by atoms with Gasteiger partial charge in [-0.2, -0.15) is 0 Å². The number of terminal acetylenes is 1. The summed E-state index contributed by atoms with van der Waals surface area (Å²) in [6.45, 7) is 1.59. The summed E-state index contributed by atoms with van der Waals surface area (Å²) < 4.78 is 5.97. The molecule has 158 valence electrons. The number of halogens is 1. The molecule has 0 saturated heterocycles. The highest BCUT2D eigenvalue weighted by Gasteiger charge is 2.05. The van der Waals surface area contributed by atoms with Gasteiger partial charge in [0.15, 0.2) is 0 Å². The van der Waals surface area contributed by atoms with Crippen molar-refractivity contribution in [2.75, 3.05) is 13.1 Å². The Labute approximate surface area is 193 Å². The van der Waals surface area contributed by atoms with Crippen molar-refractivity contribution in [2.45, 2.75) is 6.61 Å². The Kier molecular flexibility index (Phi) is 7.19. The fourth-order valence-corrected chi connectivity index (χ4v) is 3.50. The standard InChI is InChI=1S/C28H23ClN2O/c1-2-17-30-19-24(18-21-7-12-25(29)13-8-21)22-10-15-27(16-11-22)32-20-26-14-9-23-5-3-4-6-28(23)31-26/h1,3-16,18,30H,17,19-20H2. The van der Waals surface area contributed by atoms with Crippen LogP contribution in [0.4, 0.5) is 0 Å². The van der Waals surface area contributed by atoms with Crippen molar-refractivity contribution >= 4 is 34.2 Å². The van der Waals surface area contributed by atoms with E-state index in [1.54, 1.807) is 0 Å². The minimum absolute atomic E-state index is 0.418. The van der Waals surface area contributed by atoms with Crippen LogP contribution in [0.2, 0.25) is 5.02 Å². The van der Waals surface area contributed by atoms with Gasteiger partial charge in [-0.1, -0.05) is 66.1 Å². The topological polar surface area (TPSA) is 34.1 Å². The maximum absolute atomic E-state index is 6.01. The van der Waals surface area contributed by atoms with Gasteiger partial charge in [0.25, 0.3) is 0 Å². The number of benzene rings is 3. The first kappa shape index (κ1) is 21.6. The summed E-state index contributed by atoms with van der Waals surface area (Å²) in [5, 5.41) is 5.11. The molecule has 3 nitrogen and oxygen atoms in total. The number of ether oxygens (including phenoxy) is 1. The molecule has 0 atom stereocenters. The van der Waals surface area contributed by atoms with E-state index in [9.17, 15) is 0 Å². The molecular weight excluding hydrogens is 416 g/mol. The molecule has 0 spiro atoms. The lowest BCUT2D eigenvalue weighted by Gasteiger charge is -2.11. The third-order valence-corrected chi connectivity index (χ3v) is 5.27.